The molecule has 1 unspecified atom stereocenters. The minimum Gasteiger partial charge on any atom is -0.367 e. The van der Waals surface area contributed by atoms with Crippen LogP contribution in [0.15, 0.2) is 12.4 Å². The van der Waals surface area contributed by atoms with E-state index in [1.54, 1.807) is 22.6 Å². The van der Waals surface area contributed by atoms with E-state index in [0.717, 1.165) is 29.0 Å². The van der Waals surface area contributed by atoms with Gasteiger partial charge in [-0.3, -0.25) is 4.79 Å². The van der Waals surface area contributed by atoms with Crippen molar-refractivity contribution in [3.63, 3.8) is 0 Å². The Labute approximate surface area is 158 Å². The summed E-state index contributed by atoms with van der Waals surface area (Å²) in [6.45, 7) is 1.54. The number of thiophene rings is 1. The summed E-state index contributed by atoms with van der Waals surface area (Å²) in [4.78, 5) is 25.0. The standard InChI is InChI=1S/C19H27N5OS/c1-24-9-8-16(19(24)25)20-11-14-10-15-17(21-12-22-18(15)26-14)23-13-6-4-2-3-5-7-13/h10,12-13,16,20H,2-9,11H2,1H3,(H,21,22,23). The van der Waals surface area contributed by atoms with Gasteiger partial charge in [-0.05, 0) is 25.3 Å². The number of hydrogen-bond donors (Lipinski definition) is 2. The van der Waals surface area contributed by atoms with Crippen LogP contribution in [0.5, 0.6) is 0 Å². The number of rotatable bonds is 5. The van der Waals surface area contributed by atoms with E-state index < -0.39 is 0 Å². The van der Waals surface area contributed by atoms with E-state index in [9.17, 15) is 4.79 Å². The maximum atomic E-state index is 12.0. The molecule has 1 amide bonds. The van der Waals surface area contributed by atoms with Gasteiger partial charge in [0, 0.05) is 31.1 Å². The number of carbonyl (C=O) groups excluding carboxylic acids is 1. The maximum absolute atomic E-state index is 12.0. The summed E-state index contributed by atoms with van der Waals surface area (Å²) in [5, 5.41) is 8.17. The molecule has 1 saturated heterocycles. The molecule has 0 aromatic carbocycles. The zero-order valence-electron chi connectivity index (χ0n) is 15.3. The highest BCUT2D eigenvalue weighted by Crippen LogP contribution is 2.30. The molecule has 4 rings (SSSR count). The first-order valence-corrected chi connectivity index (χ1v) is 10.5. The van der Waals surface area contributed by atoms with Crippen LogP contribution in [0.1, 0.15) is 49.8 Å². The zero-order valence-corrected chi connectivity index (χ0v) is 16.1. The molecule has 2 N–H and O–H groups in total. The highest BCUT2D eigenvalue weighted by atomic mass is 32.1. The van der Waals surface area contributed by atoms with Crippen LogP contribution in [0.2, 0.25) is 0 Å². The second-order valence-corrected chi connectivity index (χ2v) is 8.58. The minimum absolute atomic E-state index is 0.0557. The van der Waals surface area contributed by atoms with Crippen molar-refractivity contribution in [2.75, 3.05) is 18.9 Å². The Kier molecular flexibility index (Phi) is 5.36. The number of aromatic nitrogens is 2. The average Bonchev–Trinajstić information content (AvgIpc) is 3.09. The molecule has 7 heteroatoms. The largest absolute Gasteiger partial charge is 0.367 e. The van der Waals surface area contributed by atoms with Crippen molar-refractivity contribution in [2.45, 2.75) is 63.6 Å². The lowest BCUT2D eigenvalue weighted by molar-refractivity contribution is -0.128. The summed E-state index contributed by atoms with van der Waals surface area (Å²) >= 11 is 1.68. The van der Waals surface area contributed by atoms with E-state index in [1.165, 1.54) is 43.4 Å². The third-order valence-corrected chi connectivity index (χ3v) is 6.57. The molecule has 2 aromatic rings. The molecular weight excluding hydrogens is 346 g/mol. The zero-order chi connectivity index (χ0) is 17.9. The molecule has 1 aliphatic heterocycles. The molecule has 1 atom stereocenters. The maximum Gasteiger partial charge on any atom is 0.239 e. The second kappa shape index (κ2) is 7.88. The molecule has 1 aliphatic carbocycles. The second-order valence-electron chi connectivity index (χ2n) is 7.47. The fraction of sp³-hybridized carbons (Fsp3) is 0.632. The third-order valence-electron chi connectivity index (χ3n) is 5.53. The highest BCUT2D eigenvalue weighted by molar-refractivity contribution is 7.18. The van der Waals surface area contributed by atoms with Crippen LogP contribution >= 0.6 is 11.3 Å². The van der Waals surface area contributed by atoms with Gasteiger partial charge in [0.05, 0.1) is 11.4 Å². The Morgan fingerprint density at radius 3 is 2.73 bits per heavy atom. The fourth-order valence-electron chi connectivity index (χ4n) is 3.96. The Morgan fingerprint density at radius 1 is 1.19 bits per heavy atom. The van der Waals surface area contributed by atoms with Gasteiger partial charge in [-0.1, -0.05) is 25.7 Å². The van der Waals surface area contributed by atoms with Crippen molar-refractivity contribution in [3.05, 3.63) is 17.3 Å². The number of carbonyl (C=O) groups is 1. The summed E-state index contributed by atoms with van der Waals surface area (Å²) < 4.78 is 0. The number of hydrogen-bond acceptors (Lipinski definition) is 6. The molecule has 2 aromatic heterocycles. The van der Waals surface area contributed by atoms with Crippen LogP contribution in [0.4, 0.5) is 5.82 Å². The van der Waals surface area contributed by atoms with Gasteiger partial charge in [-0.2, -0.15) is 0 Å². The lowest BCUT2D eigenvalue weighted by Crippen LogP contribution is -2.36. The van der Waals surface area contributed by atoms with E-state index in [4.69, 9.17) is 0 Å². The molecule has 0 bridgehead atoms. The molecule has 140 valence electrons. The predicted molar refractivity (Wildman–Crippen MR) is 105 cm³/mol. The van der Waals surface area contributed by atoms with Crippen LogP contribution in [0, 0.1) is 0 Å². The van der Waals surface area contributed by atoms with Crippen LogP contribution in [0.3, 0.4) is 0 Å². The third kappa shape index (κ3) is 3.83. The molecule has 6 nitrogen and oxygen atoms in total. The van der Waals surface area contributed by atoms with Crippen LogP contribution in [0.25, 0.3) is 10.2 Å². The van der Waals surface area contributed by atoms with Crippen molar-refractivity contribution >= 4 is 33.3 Å². The quantitative estimate of drug-likeness (QED) is 0.788. The fourth-order valence-corrected chi connectivity index (χ4v) is 4.91. The van der Waals surface area contributed by atoms with Gasteiger partial charge in [0.15, 0.2) is 0 Å². The molecule has 2 fully saturated rings. The van der Waals surface area contributed by atoms with Crippen LogP contribution in [-0.2, 0) is 11.3 Å². The SMILES string of the molecule is CN1CCC(NCc2cc3c(NC4CCCCCC4)ncnc3s2)C1=O. The first kappa shape index (κ1) is 17.7. The summed E-state index contributed by atoms with van der Waals surface area (Å²) in [5.41, 5.74) is 0. The molecular formula is C19H27N5OS. The minimum atomic E-state index is -0.0557. The van der Waals surface area contributed by atoms with Crippen molar-refractivity contribution < 1.29 is 4.79 Å². The molecule has 26 heavy (non-hydrogen) atoms. The molecule has 2 aliphatic rings. The van der Waals surface area contributed by atoms with Gasteiger partial charge >= 0.3 is 0 Å². The first-order chi connectivity index (χ1) is 12.7. The normalized spacial score (nSPS) is 22.1. The summed E-state index contributed by atoms with van der Waals surface area (Å²) in [6.07, 6.45) is 10.3. The van der Waals surface area contributed by atoms with Crippen LogP contribution in [-0.4, -0.2) is 46.5 Å². The number of likely N-dealkylation sites (tertiary alicyclic amines) is 1. The number of nitrogens with one attached hydrogen (secondary N) is 2. The number of fused-ring (bicyclic) bond motifs is 1. The van der Waals surface area contributed by atoms with E-state index in [-0.39, 0.29) is 11.9 Å². The average molecular weight is 374 g/mol. The topological polar surface area (TPSA) is 70.2 Å². The Bertz CT molecular complexity index is 768. The predicted octanol–water partition coefficient (Wildman–Crippen LogP) is 3.15. The first-order valence-electron chi connectivity index (χ1n) is 9.69. The van der Waals surface area contributed by atoms with Crippen molar-refractivity contribution in [1.29, 1.82) is 0 Å². The van der Waals surface area contributed by atoms with E-state index in [2.05, 4.69) is 26.7 Å². The van der Waals surface area contributed by atoms with Gasteiger partial charge in [0.2, 0.25) is 5.91 Å². The van der Waals surface area contributed by atoms with Gasteiger partial charge in [-0.25, -0.2) is 9.97 Å². The Hall–Kier alpha value is -1.73. The lowest BCUT2D eigenvalue weighted by atomic mass is 10.1. The van der Waals surface area contributed by atoms with E-state index >= 15 is 0 Å². The van der Waals surface area contributed by atoms with Crippen LogP contribution < -0.4 is 10.6 Å². The lowest BCUT2D eigenvalue weighted by Gasteiger charge is -2.17. The smallest absolute Gasteiger partial charge is 0.239 e. The van der Waals surface area contributed by atoms with Gasteiger partial charge in [-0.15, -0.1) is 11.3 Å². The number of amides is 1. The number of anilines is 1. The molecule has 0 radical (unpaired) electrons. The van der Waals surface area contributed by atoms with Gasteiger partial charge in [0.1, 0.15) is 17.0 Å². The molecule has 3 heterocycles. The molecule has 0 spiro atoms. The summed E-state index contributed by atoms with van der Waals surface area (Å²) in [6, 6.07) is 2.64. The van der Waals surface area contributed by atoms with Crippen molar-refractivity contribution in [2.24, 2.45) is 0 Å². The van der Waals surface area contributed by atoms with Gasteiger partial charge in [0.25, 0.3) is 0 Å². The Balaban J connectivity index is 1.45. The number of nitrogens with zero attached hydrogens (tertiary/aromatic N) is 3. The van der Waals surface area contributed by atoms with Crippen molar-refractivity contribution in [1.82, 2.24) is 20.2 Å². The number of likely N-dealkylation sites (N-methyl/N-ethyl adjacent to an activating group) is 1. The van der Waals surface area contributed by atoms with E-state index in [0.29, 0.717) is 12.6 Å². The summed E-state index contributed by atoms with van der Waals surface area (Å²) in [7, 11) is 1.87. The monoisotopic (exact) mass is 373 g/mol. The summed E-state index contributed by atoms with van der Waals surface area (Å²) in [5.74, 6) is 1.16. The van der Waals surface area contributed by atoms with Crippen molar-refractivity contribution in [3.8, 4) is 0 Å². The van der Waals surface area contributed by atoms with Gasteiger partial charge < -0.3 is 15.5 Å². The van der Waals surface area contributed by atoms with E-state index in [1.807, 2.05) is 7.05 Å². The highest BCUT2D eigenvalue weighted by Gasteiger charge is 2.28. The Morgan fingerprint density at radius 2 is 2.00 bits per heavy atom. The molecule has 1 saturated carbocycles.